The Kier molecular flexibility index (Phi) is 7.72. The van der Waals surface area contributed by atoms with Gasteiger partial charge >= 0.3 is 0 Å². The second kappa shape index (κ2) is 12.8. The molecule has 0 unspecified atom stereocenters. The fourth-order valence-corrected chi connectivity index (χ4v) is 8.65. The highest BCUT2D eigenvalue weighted by Gasteiger charge is 2.44. The summed E-state index contributed by atoms with van der Waals surface area (Å²) in [7, 11) is 0. The molecule has 1 aliphatic heterocycles. The molecule has 0 saturated carbocycles. The van der Waals surface area contributed by atoms with Crippen LogP contribution in [-0.2, 0) is 5.41 Å². The van der Waals surface area contributed by atoms with Crippen LogP contribution in [0.2, 0.25) is 0 Å². The molecule has 2 heterocycles. The van der Waals surface area contributed by atoms with Gasteiger partial charge in [-0.3, -0.25) is 0 Å². The van der Waals surface area contributed by atoms with Gasteiger partial charge in [0.2, 0.25) is 0 Å². The molecule has 236 valence electrons. The number of hydrogen-bond donors (Lipinski definition) is 0. The van der Waals surface area contributed by atoms with Gasteiger partial charge in [-0.2, -0.15) is 0 Å². The van der Waals surface area contributed by atoms with Gasteiger partial charge in [-0.25, -0.2) is 4.98 Å². The summed E-state index contributed by atoms with van der Waals surface area (Å²) in [6.07, 6.45) is 0. The van der Waals surface area contributed by atoms with Crippen LogP contribution in [0.1, 0.15) is 22.3 Å². The van der Waals surface area contributed by atoms with Crippen LogP contribution in [0.15, 0.2) is 210 Å². The van der Waals surface area contributed by atoms with Gasteiger partial charge in [-0.05, 0) is 80.9 Å². The monoisotopic (exact) mass is 655 g/mol. The summed E-state index contributed by atoms with van der Waals surface area (Å²) in [6.45, 7) is 0. The molecular weight excluding hydrogens is 623 g/mol. The van der Waals surface area contributed by atoms with E-state index in [2.05, 4.69) is 200 Å². The van der Waals surface area contributed by atoms with Crippen molar-refractivity contribution in [3.05, 3.63) is 222 Å². The van der Waals surface area contributed by atoms with Crippen molar-refractivity contribution in [3.8, 4) is 44.8 Å². The average molecular weight is 656 g/mol. The minimum absolute atomic E-state index is 0.469. The molecule has 50 heavy (non-hydrogen) atoms. The van der Waals surface area contributed by atoms with Gasteiger partial charge in [0.05, 0.1) is 16.8 Å². The molecule has 1 aliphatic rings. The molecule has 0 N–H and O–H groups in total. The lowest BCUT2D eigenvalue weighted by molar-refractivity contribution is 0.703. The molecule has 0 aliphatic carbocycles. The summed E-state index contributed by atoms with van der Waals surface area (Å²) < 4.78 is 0. The minimum Gasteiger partial charge on any atom is -0.248 e. The number of benzene rings is 7. The van der Waals surface area contributed by atoms with Crippen LogP contribution in [0.25, 0.3) is 44.8 Å². The van der Waals surface area contributed by atoms with Crippen molar-refractivity contribution in [1.29, 1.82) is 0 Å². The minimum atomic E-state index is -0.469. The van der Waals surface area contributed by atoms with E-state index < -0.39 is 5.41 Å². The van der Waals surface area contributed by atoms with E-state index in [1.807, 2.05) is 11.8 Å². The van der Waals surface area contributed by atoms with Gasteiger partial charge in [0.15, 0.2) is 0 Å². The maximum atomic E-state index is 5.23. The molecule has 1 nitrogen and oxygen atoms in total. The molecule has 8 aromatic rings. The molecule has 0 spiro atoms. The topological polar surface area (TPSA) is 12.9 Å². The fraction of sp³-hybridized carbons (Fsp3) is 0.0208. The number of fused-ring (bicyclic) bond motifs is 2. The molecule has 0 radical (unpaired) electrons. The second-order valence-corrected chi connectivity index (χ2v) is 13.8. The van der Waals surface area contributed by atoms with Gasteiger partial charge < -0.3 is 0 Å². The Labute approximate surface area is 298 Å². The Hall–Kier alpha value is -5.96. The largest absolute Gasteiger partial charge is 0.248 e. The van der Waals surface area contributed by atoms with Crippen molar-refractivity contribution < 1.29 is 0 Å². The van der Waals surface area contributed by atoms with E-state index in [4.69, 9.17) is 4.98 Å². The van der Waals surface area contributed by atoms with Crippen molar-refractivity contribution in [2.24, 2.45) is 0 Å². The van der Waals surface area contributed by atoms with Crippen molar-refractivity contribution in [2.75, 3.05) is 0 Å². The number of rotatable bonds is 6. The summed E-state index contributed by atoms with van der Waals surface area (Å²) in [5, 5.41) is 0. The van der Waals surface area contributed by atoms with Crippen LogP contribution in [0, 0.1) is 0 Å². The zero-order valence-corrected chi connectivity index (χ0v) is 28.2. The van der Waals surface area contributed by atoms with E-state index in [1.54, 1.807) is 0 Å². The van der Waals surface area contributed by atoms with Gasteiger partial charge in [0.25, 0.3) is 0 Å². The first kappa shape index (κ1) is 30.1. The van der Waals surface area contributed by atoms with Gasteiger partial charge in [0.1, 0.15) is 0 Å². The Balaban J connectivity index is 1.22. The van der Waals surface area contributed by atoms with Crippen molar-refractivity contribution in [2.45, 2.75) is 15.2 Å². The Morgan fingerprint density at radius 2 is 0.820 bits per heavy atom. The molecule has 7 aromatic carbocycles. The van der Waals surface area contributed by atoms with Gasteiger partial charge in [-0.15, -0.1) is 0 Å². The quantitative estimate of drug-likeness (QED) is 0.177. The molecule has 9 rings (SSSR count). The molecule has 0 saturated heterocycles. The smallest absolute Gasteiger partial charge is 0.0723 e. The zero-order chi connectivity index (χ0) is 33.3. The first-order valence-electron chi connectivity index (χ1n) is 17.0. The summed E-state index contributed by atoms with van der Waals surface area (Å²) in [5.74, 6) is 0. The highest BCUT2D eigenvalue weighted by Crippen LogP contribution is 2.56. The van der Waals surface area contributed by atoms with Crippen molar-refractivity contribution in [3.63, 3.8) is 0 Å². The summed E-state index contributed by atoms with van der Waals surface area (Å²) in [6, 6.07) is 72.3. The highest BCUT2D eigenvalue weighted by molar-refractivity contribution is 7.99. The molecular formula is C48H33NS. The van der Waals surface area contributed by atoms with Crippen LogP contribution < -0.4 is 0 Å². The lowest BCUT2D eigenvalue weighted by atomic mass is 9.64. The van der Waals surface area contributed by atoms with E-state index in [1.165, 1.54) is 43.2 Å². The van der Waals surface area contributed by atoms with Crippen LogP contribution >= 0.6 is 11.8 Å². The Morgan fingerprint density at radius 1 is 0.320 bits per heavy atom. The number of nitrogens with zero attached hydrogens (tertiary/aromatic N) is 1. The first-order valence-corrected chi connectivity index (χ1v) is 17.9. The molecule has 0 amide bonds. The molecule has 0 atom stereocenters. The predicted octanol–water partition coefficient (Wildman–Crippen LogP) is 12.6. The highest BCUT2D eigenvalue weighted by atomic mass is 32.2. The van der Waals surface area contributed by atoms with Crippen LogP contribution in [-0.4, -0.2) is 4.98 Å². The van der Waals surface area contributed by atoms with Crippen LogP contribution in [0.4, 0.5) is 0 Å². The third kappa shape index (κ3) is 5.26. The molecule has 0 bridgehead atoms. The fourth-order valence-electron chi connectivity index (χ4n) is 7.48. The SMILES string of the molecule is c1ccc(-c2cc(-c3ccccc3)nc(-c3cccc(-c4ccc5c(c4)C(c4ccccc4)(c4ccccc4)c4ccccc4S5)c3)c2)cc1. The number of pyridine rings is 1. The maximum absolute atomic E-state index is 5.23. The summed E-state index contributed by atoms with van der Waals surface area (Å²) in [5.41, 5.74) is 13.5. The van der Waals surface area contributed by atoms with E-state index in [-0.39, 0.29) is 0 Å². The maximum Gasteiger partial charge on any atom is 0.0723 e. The lowest BCUT2D eigenvalue weighted by Gasteiger charge is -2.42. The van der Waals surface area contributed by atoms with Crippen molar-refractivity contribution >= 4 is 11.8 Å². The zero-order valence-electron chi connectivity index (χ0n) is 27.4. The average Bonchev–Trinajstić information content (AvgIpc) is 3.21. The van der Waals surface area contributed by atoms with Crippen LogP contribution in [0.3, 0.4) is 0 Å². The Bertz CT molecular complexity index is 2340. The third-order valence-corrected chi connectivity index (χ3v) is 11.0. The number of aromatic nitrogens is 1. The summed E-state index contributed by atoms with van der Waals surface area (Å²) >= 11 is 1.87. The van der Waals surface area contributed by atoms with E-state index >= 15 is 0 Å². The molecule has 0 fully saturated rings. The standard InChI is InChI=1S/C48H33NS/c1-5-16-34(17-6-1)39-32-44(35-18-7-2-8-19-35)49-45(33-39)38-21-15-20-36(30-38)37-28-29-47-43(31-37)48(40-22-9-3-10-23-40,41-24-11-4-12-25-41)42-26-13-14-27-46(42)50-47/h1-33H. The predicted molar refractivity (Wildman–Crippen MR) is 208 cm³/mol. The summed E-state index contributed by atoms with van der Waals surface area (Å²) in [4.78, 5) is 7.80. The molecule has 1 aromatic heterocycles. The first-order chi connectivity index (χ1) is 24.8. The van der Waals surface area contributed by atoms with Gasteiger partial charge in [0, 0.05) is 20.9 Å². The van der Waals surface area contributed by atoms with Crippen molar-refractivity contribution in [1.82, 2.24) is 4.98 Å². The Morgan fingerprint density at radius 3 is 1.50 bits per heavy atom. The lowest BCUT2D eigenvalue weighted by Crippen LogP contribution is -2.34. The van der Waals surface area contributed by atoms with E-state index in [0.717, 1.165) is 33.6 Å². The molecule has 2 heteroatoms. The normalized spacial score (nSPS) is 12.9. The van der Waals surface area contributed by atoms with E-state index in [0.29, 0.717) is 0 Å². The third-order valence-electron chi connectivity index (χ3n) is 9.80. The number of hydrogen-bond acceptors (Lipinski definition) is 2. The van der Waals surface area contributed by atoms with E-state index in [9.17, 15) is 0 Å². The van der Waals surface area contributed by atoms with Gasteiger partial charge in [-0.1, -0.05) is 176 Å². The van der Waals surface area contributed by atoms with Crippen LogP contribution in [0.5, 0.6) is 0 Å². The second-order valence-electron chi connectivity index (χ2n) is 12.7.